The molecule has 0 bridgehead atoms. The standard InChI is InChI=1S/C14H22N2O2S.ClH/c1-11-3-4-12(19-11)9-16-13(17)14(10-18-2)5-7-15-8-6-14;/h3-4,15H,5-10H2,1-2H3,(H,16,17);1H. The third-order valence-corrected chi connectivity index (χ3v) is 4.68. The van der Waals surface area contributed by atoms with Gasteiger partial charge >= 0.3 is 0 Å². The van der Waals surface area contributed by atoms with Crippen LogP contribution in [0.15, 0.2) is 12.1 Å². The molecule has 20 heavy (non-hydrogen) atoms. The minimum absolute atomic E-state index is 0. The molecule has 4 nitrogen and oxygen atoms in total. The maximum Gasteiger partial charge on any atom is 0.228 e. The molecule has 0 aromatic carbocycles. The Balaban J connectivity index is 0.00000200. The number of rotatable bonds is 5. The molecule has 0 radical (unpaired) electrons. The Hall–Kier alpha value is -0.620. The molecule has 1 aliphatic rings. The van der Waals surface area contributed by atoms with Gasteiger partial charge in [-0.3, -0.25) is 4.79 Å². The molecule has 0 spiro atoms. The summed E-state index contributed by atoms with van der Waals surface area (Å²) < 4.78 is 5.28. The van der Waals surface area contributed by atoms with E-state index >= 15 is 0 Å². The Kier molecular flexibility index (Phi) is 6.95. The van der Waals surface area contributed by atoms with Crippen molar-refractivity contribution in [2.45, 2.75) is 26.3 Å². The maximum absolute atomic E-state index is 12.5. The highest BCUT2D eigenvalue weighted by atomic mass is 35.5. The summed E-state index contributed by atoms with van der Waals surface area (Å²) in [5, 5.41) is 6.37. The summed E-state index contributed by atoms with van der Waals surface area (Å²) in [4.78, 5) is 15.0. The number of thiophene rings is 1. The number of amides is 1. The summed E-state index contributed by atoms with van der Waals surface area (Å²) in [6.07, 6.45) is 1.69. The van der Waals surface area contributed by atoms with Crippen molar-refractivity contribution >= 4 is 29.7 Å². The van der Waals surface area contributed by atoms with Crippen molar-refractivity contribution in [1.29, 1.82) is 0 Å². The molecule has 0 unspecified atom stereocenters. The number of hydrogen-bond donors (Lipinski definition) is 2. The van der Waals surface area contributed by atoms with E-state index < -0.39 is 0 Å². The third kappa shape index (κ3) is 4.19. The van der Waals surface area contributed by atoms with Gasteiger partial charge in [-0.1, -0.05) is 0 Å². The largest absolute Gasteiger partial charge is 0.384 e. The maximum atomic E-state index is 12.5. The molecular weight excluding hydrogens is 296 g/mol. The van der Waals surface area contributed by atoms with Gasteiger partial charge in [0.1, 0.15) is 0 Å². The second kappa shape index (κ2) is 7.98. The molecular formula is C14H23ClN2O2S. The first-order chi connectivity index (χ1) is 9.16. The monoisotopic (exact) mass is 318 g/mol. The average Bonchev–Trinajstić information content (AvgIpc) is 2.83. The van der Waals surface area contributed by atoms with Crippen LogP contribution in [-0.4, -0.2) is 32.7 Å². The fourth-order valence-corrected chi connectivity index (χ4v) is 3.38. The first-order valence-electron chi connectivity index (χ1n) is 6.69. The van der Waals surface area contributed by atoms with Crippen molar-refractivity contribution in [3.63, 3.8) is 0 Å². The van der Waals surface area contributed by atoms with Crippen molar-refractivity contribution < 1.29 is 9.53 Å². The van der Waals surface area contributed by atoms with Gasteiger partial charge in [0, 0.05) is 16.9 Å². The van der Waals surface area contributed by atoms with Crippen LogP contribution in [0.3, 0.4) is 0 Å². The van der Waals surface area contributed by atoms with E-state index in [9.17, 15) is 4.79 Å². The van der Waals surface area contributed by atoms with Crippen LogP contribution in [0.5, 0.6) is 0 Å². The van der Waals surface area contributed by atoms with Crippen molar-refractivity contribution in [2.24, 2.45) is 5.41 Å². The number of aryl methyl sites for hydroxylation is 1. The van der Waals surface area contributed by atoms with Gasteiger partial charge in [0.25, 0.3) is 0 Å². The van der Waals surface area contributed by atoms with Gasteiger partial charge in [-0.05, 0) is 45.0 Å². The van der Waals surface area contributed by atoms with Crippen LogP contribution in [0.25, 0.3) is 0 Å². The van der Waals surface area contributed by atoms with Crippen LogP contribution in [0.2, 0.25) is 0 Å². The number of ether oxygens (including phenoxy) is 1. The van der Waals surface area contributed by atoms with Crippen LogP contribution in [0, 0.1) is 12.3 Å². The molecule has 1 aromatic heterocycles. The molecule has 1 aromatic rings. The number of carbonyl (C=O) groups excluding carboxylic acids is 1. The molecule has 1 amide bonds. The summed E-state index contributed by atoms with van der Waals surface area (Å²) >= 11 is 1.73. The zero-order chi connectivity index (χ0) is 13.7. The van der Waals surface area contributed by atoms with Gasteiger partial charge in [0.15, 0.2) is 0 Å². The second-order valence-corrected chi connectivity index (χ2v) is 6.53. The SMILES string of the molecule is COCC1(C(=O)NCc2ccc(C)s2)CCNCC1.Cl. The Morgan fingerprint density at radius 3 is 2.70 bits per heavy atom. The molecule has 2 N–H and O–H groups in total. The lowest BCUT2D eigenvalue weighted by Crippen LogP contribution is -2.49. The van der Waals surface area contributed by atoms with Gasteiger partial charge in [-0.15, -0.1) is 23.7 Å². The molecule has 6 heteroatoms. The first-order valence-corrected chi connectivity index (χ1v) is 7.51. The number of methoxy groups -OCH3 is 1. The molecule has 2 heterocycles. The second-order valence-electron chi connectivity index (χ2n) is 5.16. The van der Waals surface area contributed by atoms with Gasteiger partial charge < -0.3 is 15.4 Å². The number of halogens is 1. The molecule has 1 saturated heterocycles. The van der Waals surface area contributed by atoms with E-state index in [0.717, 1.165) is 25.9 Å². The number of carbonyl (C=O) groups is 1. The predicted octanol–water partition coefficient (Wildman–Crippen LogP) is 2.11. The first kappa shape index (κ1) is 17.4. The van der Waals surface area contributed by atoms with Crippen LogP contribution in [0.4, 0.5) is 0 Å². The Morgan fingerprint density at radius 2 is 2.15 bits per heavy atom. The van der Waals surface area contributed by atoms with E-state index in [2.05, 4.69) is 29.7 Å². The molecule has 0 atom stereocenters. The van der Waals surface area contributed by atoms with E-state index in [1.807, 2.05) is 0 Å². The van der Waals surface area contributed by atoms with Gasteiger partial charge in [-0.25, -0.2) is 0 Å². The number of piperidine rings is 1. The lowest BCUT2D eigenvalue weighted by molar-refractivity contribution is -0.136. The normalized spacial score (nSPS) is 17.3. The third-order valence-electron chi connectivity index (χ3n) is 3.68. The van der Waals surface area contributed by atoms with Crippen LogP contribution < -0.4 is 10.6 Å². The fraction of sp³-hybridized carbons (Fsp3) is 0.643. The zero-order valence-electron chi connectivity index (χ0n) is 12.0. The van der Waals surface area contributed by atoms with Gasteiger partial charge in [-0.2, -0.15) is 0 Å². The van der Waals surface area contributed by atoms with Gasteiger partial charge in [0.2, 0.25) is 5.91 Å². The fourth-order valence-electron chi connectivity index (χ4n) is 2.55. The van der Waals surface area contributed by atoms with Gasteiger partial charge in [0.05, 0.1) is 18.6 Å². The van der Waals surface area contributed by atoms with Crippen LogP contribution >= 0.6 is 23.7 Å². The molecule has 114 valence electrons. The number of nitrogens with one attached hydrogen (secondary N) is 2. The van der Waals surface area contributed by atoms with E-state index in [0.29, 0.717) is 13.2 Å². The molecule has 1 aliphatic heterocycles. The van der Waals surface area contributed by atoms with E-state index in [4.69, 9.17) is 4.74 Å². The summed E-state index contributed by atoms with van der Waals surface area (Å²) in [5.74, 6) is 0.127. The zero-order valence-corrected chi connectivity index (χ0v) is 13.7. The Bertz CT molecular complexity index is 425. The van der Waals surface area contributed by atoms with E-state index in [1.165, 1.54) is 9.75 Å². The smallest absolute Gasteiger partial charge is 0.228 e. The highest BCUT2D eigenvalue weighted by Gasteiger charge is 2.39. The van der Waals surface area contributed by atoms with Crippen LogP contribution in [0.1, 0.15) is 22.6 Å². The van der Waals surface area contributed by atoms with Crippen LogP contribution in [-0.2, 0) is 16.1 Å². The van der Waals surface area contributed by atoms with Crippen molar-refractivity contribution in [2.75, 3.05) is 26.8 Å². The molecule has 0 saturated carbocycles. The Morgan fingerprint density at radius 1 is 1.45 bits per heavy atom. The van der Waals surface area contributed by atoms with Crippen molar-refractivity contribution in [3.8, 4) is 0 Å². The lowest BCUT2D eigenvalue weighted by Gasteiger charge is -2.35. The number of hydrogen-bond acceptors (Lipinski definition) is 4. The topological polar surface area (TPSA) is 50.4 Å². The highest BCUT2D eigenvalue weighted by Crippen LogP contribution is 2.29. The minimum Gasteiger partial charge on any atom is -0.384 e. The van der Waals surface area contributed by atoms with Crippen molar-refractivity contribution in [1.82, 2.24) is 10.6 Å². The lowest BCUT2D eigenvalue weighted by atomic mass is 9.78. The van der Waals surface area contributed by atoms with E-state index in [-0.39, 0.29) is 23.7 Å². The minimum atomic E-state index is -0.355. The van der Waals surface area contributed by atoms with E-state index in [1.54, 1.807) is 18.4 Å². The summed E-state index contributed by atoms with van der Waals surface area (Å²) in [5.41, 5.74) is -0.355. The molecule has 2 rings (SSSR count). The summed E-state index contributed by atoms with van der Waals surface area (Å²) in [6, 6.07) is 4.16. The molecule has 0 aliphatic carbocycles. The predicted molar refractivity (Wildman–Crippen MR) is 84.6 cm³/mol. The molecule has 1 fully saturated rings. The average molecular weight is 319 g/mol. The quantitative estimate of drug-likeness (QED) is 0.874. The summed E-state index contributed by atoms with van der Waals surface area (Å²) in [6.45, 7) is 4.97. The summed E-state index contributed by atoms with van der Waals surface area (Å²) in [7, 11) is 1.67. The highest BCUT2D eigenvalue weighted by molar-refractivity contribution is 7.11. The van der Waals surface area contributed by atoms with Crippen molar-refractivity contribution in [3.05, 3.63) is 21.9 Å². The Labute approximate surface area is 130 Å².